The average Bonchev–Trinajstić information content (AvgIpc) is 2.38. The Kier molecular flexibility index (Phi) is 5.81. The molecule has 0 bridgehead atoms. The molecule has 0 aromatic heterocycles. The fourth-order valence-corrected chi connectivity index (χ4v) is 3.24. The molecule has 3 N–H and O–H groups in total. The largest absolute Gasteiger partial charge is 0.495 e. The first kappa shape index (κ1) is 17.2. The summed E-state index contributed by atoms with van der Waals surface area (Å²) in [6.07, 6.45) is -0.214. The van der Waals surface area contributed by atoms with E-state index < -0.39 is 16.1 Å². The van der Waals surface area contributed by atoms with Gasteiger partial charge >= 0.3 is 0 Å². The van der Waals surface area contributed by atoms with Crippen LogP contribution < -0.4 is 10.5 Å². The van der Waals surface area contributed by atoms with E-state index in [4.69, 9.17) is 10.5 Å². The summed E-state index contributed by atoms with van der Waals surface area (Å²) in [6.45, 7) is 1.82. The predicted molar refractivity (Wildman–Crippen MR) is 81.2 cm³/mol. The second kappa shape index (κ2) is 6.75. The van der Waals surface area contributed by atoms with Crippen molar-refractivity contribution in [2.75, 3.05) is 26.4 Å². The third-order valence-corrected chi connectivity index (χ3v) is 5.40. The van der Waals surface area contributed by atoms with E-state index in [9.17, 15) is 13.5 Å². The second-order valence-corrected chi connectivity index (χ2v) is 7.36. The molecule has 1 unspecified atom stereocenters. The molecular formula is C12H19BrN2O4S. The van der Waals surface area contributed by atoms with Gasteiger partial charge in [0.05, 0.1) is 13.2 Å². The molecule has 1 aromatic carbocycles. The fourth-order valence-electron chi connectivity index (χ4n) is 1.57. The van der Waals surface area contributed by atoms with Crippen molar-refractivity contribution >= 4 is 31.6 Å². The first-order valence-electron chi connectivity index (χ1n) is 5.97. The summed E-state index contributed by atoms with van der Waals surface area (Å²) in [7, 11) is -0.871. The van der Waals surface area contributed by atoms with Crippen LogP contribution in [-0.4, -0.2) is 44.6 Å². The lowest BCUT2D eigenvalue weighted by atomic mass is 10.3. The normalized spacial score (nSPS) is 13.5. The summed E-state index contributed by atoms with van der Waals surface area (Å²) in [5.74, 6) is 0.218. The maximum absolute atomic E-state index is 12.5. The first-order valence-corrected chi connectivity index (χ1v) is 8.21. The first-order chi connectivity index (χ1) is 9.20. The van der Waals surface area contributed by atoms with Crippen LogP contribution in [0.1, 0.15) is 13.3 Å². The molecule has 6 nitrogen and oxygen atoms in total. The van der Waals surface area contributed by atoms with Crippen LogP contribution in [-0.2, 0) is 10.0 Å². The minimum Gasteiger partial charge on any atom is -0.495 e. The number of benzene rings is 1. The highest BCUT2D eigenvalue weighted by Gasteiger charge is 2.26. The number of ether oxygens (including phenoxy) is 1. The Hall–Kier alpha value is -0.830. The quantitative estimate of drug-likeness (QED) is 0.742. The van der Waals surface area contributed by atoms with Crippen molar-refractivity contribution in [2.24, 2.45) is 0 Å². The molecular weight excluding hydrogens is 348 g/mol. The highest BCUT2D eigenvalue weighted by Crippen LogP contribution is 2.33. The van der Waals surface area contributed by atoms with Gasteiger partial charge in [0.15, 0.2) is 0 Å². The minimum absolute atomic E-state index is 0.00814. The van der Waals surface area contributed by atoms with Crippen LogP contribution in [0.3, 0.4) is 0 Å². The van der Waals surface area contributed by atoms with Crippen molar-refractivity contribution in [3.63, 3.8) is 0 Å². The monoisotopic (exact) mass is 366 g/mol. The molecule has 0 fully saturated rings. The molecule has 0 radical (unpaired) electrons. The number of rotatable bonds is 6. The molecule has 1 rings (SSSR count). The molecule has 1 aromatic rings. The topological polar surface area (TPSA) is 92.9 Å². The number of hydrogen-bond donors (Lipinski definition) is 2. The molecule has 0 aliphatic carbocycles. The zero-order valence-electron chi connectivity index (χ0n) is 11.6. The standard InChI is InChI=1S/C12H19BrN2O4S/c1-8(16)4-5-15(2)20(17,18)12-7-10(14)9(13)6-11(12)19-3/h6-8,16H,4-5,14H2,1-3H3. The smallest absolute Gasteiger partial charge is 0.246 e. The number of nitrogens with two attached hydrogens (primary N) is 1. The molecule has 20 heavy (non-hydrogen) atoms. The third kappa shape index (κ3) is 3.85. The molecule has 114 valence electrons. The Labute approximate surface area is 127 Å². The van der Waals surface area contributed by atoms with E-state index in [1.807, 2.05) is 0 Å². The van der Waals surface area contributed by atoms with Gasteiger partial charge in [-0.15, -0.1) is 0 Å². The highest BCUT2D eigenvalue weighted by molar-refractivity contribution is 9.10. The predicted octanol–water partition coefficient (Wildman–Crippen LogP) is 1.43. The van der Waals surface area contributed by atoms with Gasteiger partial charge in [0, 0.05) is 23.8 Å². The van der Waals surface area contributed by atoms with E-state index >= 15 is 0 Å². The van der Waals surface area contributed by atoms with Gasteiger partial charge in [-0.1, -0.05) is 0 Å². The SMILES string of the molecule is COc1cc(Br)c(N)cc1S(=O)(=O)N(C)CCC(C)O. The van der Waals surface area contributed by atoms with Crippen molar-refractivity contribution in [3.05, 3.63) is 16.6 Å². The Morgan fingerprint density at radius 3 is 2.60 bits per heavy atom. The third-order valence-electron chi connectivity index (χ3n) is 2.83. The zero-order valence-corrected chi connectivity index (χ0v) is 14.0. The summed E-state index contributed by atoms with van der Waals surface area (Å²) in [5, 5.41) is 9.25. The Morgan fingerprint density at radius 1 is 1.50 bits per heavy atom. The number of halogens is 1. The Balaban J connectivity index is 3.18. The van der Waals surface area contributed by atoms with Gasteiger partial charge in [0.1, 0.15) is 10.6 Å². The van der Waals surface area contributed by atoms with Gasteiger partial charge in [0.25, 0.3) is 0 Å². The van der Waals surface area contributed by atoms with E-state index in [1.165, 1.54) is 30.6 Å². The van der Waals surface area contributed by atoms with E-state index in [0.717, 1.165) is 0 Å². The van der Waals surface area contributed by atoms with Crippen LogP contribution in [0.4, 0.5) is 5.69 Å². The van der Waals surface area contributed by atoms with Crippen molar-refractivity contribution < 1.29 is 18.3 Å². The zero-order chi connectivity index (χ0) is 15.5. The lowest BCUT2D eigenvalue weighted by molar-refractivity contribution is 0.177. The van der Waals surface area contributed by atoms with Gasteiger partial charge in [-0.25, -0.2) is 12.7 Å². The van der Waals surface area contributed by atoms with Crippen LogP contribution >= 0.6 is 15.9 Å². The summed E-state index contributed by atoms with van der Waals surface area (Å²) in [4.78, 5) is 0.00814. The molecule has 0 saturated carbocycles. The van der Waals surface area contributed by atoms with Crippen LogP contribution in [0.2, 0.25) is 0 Å². The molecule has 1 atom stereocenters. The van der Waals surface area contributed by atoms with Gasteiger partial charge in [-0.05, 0) is 41.4 Å². The molecule has 0 amide bonds. The van der Waals surface area contributed by atoms with Gasteiger partial charge in [0.2, 0.25) is 10.0 Å². The number of methoxy groups -OCH3 is 1. The van der Waals surface area contributed by atoms with Crippen molar-refractivity contribution in [2.45, 2.75) is 24.3 Å². The lowest BCUT2D eigenvalue weighted by Gasteiger charge is -2.20. The van der Waals surface area contributed by atoms with Gasteiger partial charge in [-0.2, -0.15) is 0 Å². The van der Waals surface area contributed by atoms with E-state index in [1.54, 1.807) is 6.92 Å². The number of anilines is 1. The molecule has 0 aliphatic rings. The van der Waals surface area contributed by atoms with Gasteiger partial charge in [-0.3, -0.25) is 0 Å². The van der Waals surface area contributed by atoms with E-state index in [2.05, 4.69) is 15.9 Å². The number of aliphatic hydroxyl groups is 1. The van der Waals surface area contributed by atoms with Crippen LogP contribution in [0.5, 0.6) is 5.75 Å². The van der Waals surface area contributed by atoms with Crippen LogP contribution in [0.25, 0.3) is 0 Å². The number of sulfonamides is 1. The Morgan fingerprint density at radius 2 is 2.10 bits per heavy atom. The maximum Gasteiger partial charge on any atom is 0.246 e. The molecule has 0 spiro atoms. The molecule has 0 aliphatic heterocycles. The van der Waals surface area contributed by atoms with Crippen molar-refractivity contribution in [1.82, 2.24) is 4.31 Å². The minimum atomic E-state index is -3.72. The Bertz CT molecular complexity index is 575. The molecule has 8 heteroatoms. The fraction of sp³-hybridized carbons (Fsp3) is 0.500. The maximum atomic E-state index is 12.5. The van der Waals surface area contributed by atoms with E-state index in [-0.39, 0.29) is 17.2 Å². The van der Waals surface area contributed by atoms with Crippen molar-refractivity contribution in [3.8, 4) is 5.75 Å². The molecule has 0 saturated heterocycles. The summed E-state index contributed by atoms with van der Waals surface area (Å²) in [6, 6.07) is 2.88. The number of nitrogens with zero attached hydrogens (tertiary/aromatic N) is 1. The second-order valence-electron chi connectivity index (χ2n) is 4.49. The van der Waals surface area contributed by atoms with Gasteiger partial charge < -0.3 is 15.6 Å². The average molecular weight is 367 g/mol. The van der Waals surface area contributed by atoms with Crippen molar-refractivity contribution in [1.29, 1.82) is 0 Å². The van der Waals surface area contributed by atoms with Crippen LogP contribution in [0.15, 0.2) is 21.5 Å². The molecule has 0 heterocycles. The summed E-state index contributed by atoms with van der Waals surface area (Å²) in [5.41, 5.74) is 6.05. The number of hydrogen-bond acceptors (Lipinski definition) is 5. The number of aliphatic hydroxyl groups excluding tert-OH is 1. The lowest BCUT2D eigenvalue weighted by Crippen LogP contribution is -2.30. The highest BCUT2D eigenvalue weighted by atomic mass is 79.9. The summed E-state index contributed by atoms with van der Waals surface area (Å²) < 4.78 is 31.8. The van der Waals surface area contributed by atoms with E-state index in [0.29, 0.717) is 16.6 Å². The summed E-state index contributed by atoms with van der Waals surface area (Å²) >= 11 is 3.23. The van der Waals surface area contributed by atoms with Crippen LogP contribution in [0, 0.1) is 0 Å². The number of nitrogen functional groups attached to an aromatic ring is 1.